The van der Waals surface area contributed by atoms with Crippen LogP contribution in [0, 0.1) is 0 Å². The van der Waals surface area contributed by atoms with Crippen molar-refractivity contribution in [2.45, 2.75) is 180 Å². The number of rotatable bonds is 37. The number of ether oxygens (including phenoxy) is 3. The highest BCUT2D eigenvalue weighted by atomic mass is 16.6. The molecule has 0 spiro atoms. The Kier molecular flexibility index (Phi) is 34.4. The zero-order valence-electron chi connectivity index (χ0n) is 34.7. The number of unbranched alkanes of at least 4 members (excludes halogenated alkanes) is 15. The van der Waals surface area contributed by atoms with E-state index < -0.39 is 18.1 Å². The minimum atomic E-state index is -0.882. The van der Waals surface area contributed by atoms with Gasteiger partial charge in [-0.1, -0.05) is 127 Å². The molecule has 53 heavy (non-hydrogen) atoms. The number of aliphatic carboxylic acids is 1. The van der Waals surface area contributed by atoms with E-state index in [1.807, 2.05) is 21.1 Å². The molecule has 1 N–H and O–H groups in total. The number of hydrogen-bond acceptors (Lipinski definition) is 6. The van der Waals surface area contributed by atoms with E-state index in [4.69, 9.17) is 14.2 Å². The van der Waals surface area contributed by atoms with Crippen molar-refractivity contribution in [1.29, 1.82) is 0 Å². The van der Waals surface area contributed by atoms with E-state index >= 15 is 0 Å². The van der Waals surface area contributed by atoms with Gasteiger partial charge in [-0.2, -0.15) is 0 Å². The van der Waals surface area contributed by atoms with E-state index in [1.54, 1.807) is 0 Å². The van der Waals surface area contributed by atoms with Crippen LogP contribution in [0.4, 0.5) is 0 Å². The summed E-state index contributed by atoms with van der Waals surface area (Å²) in [6, 6.07) is -0.621. The number of quaternary nitrogens is 1. The quantitative estimate of drug-likeness (QED) is 0.0292. The summed E-state index contributed by atoms with van der Waals surface area (Å²) in [5.74, 6) is -1.53. The molecule has 0 saturated carbocycles. The first-order valence-electron chi connectivity index (χ1n) is 21.2. The summed E-state index contributed by atoms with van der Waals surface area (Å²) >= 11 is 0. The Bertz CT molecular complexity index is 1010. The van der Waals surface area contributed by atoms with Crippen LogP contribution in [0.1, 0.15) is 168 Å². The maximum Gasteiger partial charge on any atom is 0.362 e. The lowest BCUT2D eigenvalue weighted by Crippen LogP contribution is -2.50. The molecule has 0 aliphatic heterocycles. The summed E-state index contributed by atoms with van der Waals surface area (Å²) in [6.07, 6.45) is 41.6. The molecule has 0 bridgehead atoms. The number of carboxylic acids is 1. The molecule has 2 atom stereocenters. The van der Waals surface area contributed by atoms with Crippen LogP contribution in [0.5, 0.6) is 0 Å². The molecule has 2 unspecified atom stereocenters. The van der Waals surface area contributed by atoms with Crippen LogP contribution in [0.15, 0.2) is 48.6 Å². The van der Waals surface area contributed by atoms with Gasteiger partial charge in [0.05, 0.1) is 34.4 Å². The fraction of sp³-hybridized carbons (Fsp3) is 0.756. The number of carbonyl (C=O) groups is 3. The lowest BCUT2D eigenvalue weighted by molar-refractivity contribution is -0.887. The number of allylic oxidation sites excluding steroid dienone is 8. The molecule has 0 amide bonds. The van der Waals surface area contributed by atoms with Gasteiger partial charge in [-0.3, -0.25) is 9.59 Å². The first kappa shape index (κ1) is 50.3. The Hall–Kier alpha value is -2.71. The van der Waals surface area contributed by atoms with Gasteiger partial charge in [0, 0.05) is 19.3 Å². The second kappa shape index (κ2) is 36.3. The second-order valence-corrected chi connectivity index (χ2v) is 15.2. The fourth-order valence-corrected chi connectivity index (χ4v) is 5.92. The van der Waals surface area contributed by atoms with Gasteiger partial charge in [0.15, 0.2) is 12.1 Å². The first-order valence-corrected chi connectivity index (χ1v) is 21.2. The Morgan fingerprint density at radius 1 is 0.585 bits per heavy atom. The molecule has 0 radical (unpaired) electrons. The van der Waals surface area contributed by atoms with E-state index in [2.05, 4.69) is 62.5 Å². The van der Waals surface area contributed by atoms with Crippen molar-refractivity contribution in [2.75, 3.05) is 41.0 Å². The summed E-state index contributed by atoms with van der Waals surface area (Å²) in [5, 5.41) is 9.60. The van der Waals surface area contributed by atoms with Crippen LogP contribution < -0.4 is 0 Å². The Morgan fingerprint density at radius 3 is 1.62 bits per heavy atom. The maximum atomic E-state index is 12.7. The third kappa shape index (κ3) is 34.8. The van der Waals surface area contributed by atoms with Gasteiger partial charge in [0.25, 0.3) is 0 Å². The predicted octanol–water partition coefficient (Wildman–Crippen LogP) is 11.2. The minimum absolute atomic E-state index is 0.0465. The van der Waals surface area contributed by atoms with Crippen molar-refractivity contribution in [2.24, 2.45) is 0 Å². The maximum absolute atomic E-state index is 12.7. The van der Waals surface area contributed by atoms with Crippen molar-refractivity contribution >= 4 is 17.9 Å². The van der Waals surface area contributed by atoms with Crippen LogP contribution in [-0.2, 0) is 28.6 Å². The molecule has 0 aliphatic rings. The fourth-order valence-electron chi connectivity index (χ4n) is 5.92. The van der Waals surface area contributed by atoms with Crippen molar-refractivity contribution < 1.29 is 38.2 Å². The summed E-state index contributed by atoms with van der Waals surface area (Å²) in [4.78, 5) is 36.9. The van der Waals surface area contributed by atoms with Crippen LogP contribution in [-0.4, -0.2) is 80.6 Å². The molecule has 0 aromatic heterocycles. The van der Waals surface area contributed by atoms with Crippen LogP contribution >= 0.6 is 0 Å². The zero-order valence-corrected chi connectivity index (χ0v) is 34.7. The number of carbonyl (C=O) groups excluding carboxylic acids is 2. The highest BCUT2D eigenvalue weighted by Crippen LogP contribution is 2.13. The largest absolute Gasteiger partial charge is 0.477 e. The van der Waals surface area contributed by atoms with Gasteiger partial charge >= 0.3 is 17.9 Å². The summed E-state index contributed by atoms with van der Waals surface area (Å²) < 4.78 is 17.2. The lowest BCUT2D eigenvalue weighted by Gasteiger charge is -2.31. The van der Waals surface area contributed by atoms with Crippen LogP contribution in [0.3, 0.4) is 0 Å². The van der Waals surface area contributed by atoms with Crippen molar-refractivity contribution in [3.63, 3.8) is 0 Å². The van der Waals surface area contributed by atoms with Gasteiger partial charge in [-0.25, -0.2) is 4.79 Å². The Balaban J connectivity index is 4.40. The van der Waals surface area contributed by atoms with Gasteiger partial charge in [0.2, 0.25) is 0 Å². The third-order valence-corrected chi connectivity index (χ3v) is 9.21. The Labute approximate surface area is 325 Å². The molecule has 0 fully saturated rings. The number of likely N-dealkylation sites (N-methyl/N-ethyl adjacent to an activating group) is 1. The molecule has 0 rings (SSSR count). The highest BCUT2D eigenvalue weighted by Gasteiger charge is 2.31. The van der Waals surface area contributed by atoms with Crippen molar-refractivity contribution in [1.82, 2.24) is 0 Å². The van der Waals surface area contributed by atoms with E-state index in [1.165, 1.54) is 77.0 Å². The van der Waals surface area contributed by atoms with E-state index in [9.17, 15) is 19.5 Å². The summed E-state index contributed by atoms with van der Waals surface area (Å²) in [7, 11) is 5.51. The number of esters is 2. The minimum Gasteiger partial charge on any atom is -0.477 e. The smallest absolute Gasteiger partial charge is 0.362 e. The lowest BCUT2D eigenvalue weighted by atomic mass is 10.1. The van der Waals surface area contributed by atoms with Crippen LogP contribution in [0.25, 0.3) is 0 Å². The standard InChI is InChI=1S/C45H79NO7/c1-6-8-10-12-14-16-18-20-21-22-23-24-26-28-30-32-34-36-44(48)53-41(39-51-38-37-42(45(49)50)46(3,4)5)40-52-43(47)35-33-31-29-27-25-19-17-15-13-11-9-7-2/h9,11,15,17,20-21,25,27,41-42H,6-8,10,12-14,16,18-19,22-24,26,28-40H2,1-5H3/p+1/b11-9+,17-15+,21-20+,27-25+. The molecular weight excluding hydrogens is 666 g/mol. The molecule has 0 aliphatic carbocycles. The monoisotopic (exact) mass is 747 g/mol. The molecule has 306 valence electrons. The average molecular weight is 747 g/mol. The van der Waals surface area contributed by atoms with Gasteiger partial charge in [-0.05, 0) is 70.6 Å². The predicted molar refractivity (Wildman–Crippen MR) is 220 cm³/mol. The molecule has 0 saturated heterocycles. The van der Waals surface area contributed by atoms with Crippen molar-refractivity contribution in [3.05, 3.63) is 48.6 Å². The van der Waals surface area contributed by atoms with Gasteiger partial charge in [-0.15, -0.1) is 0 Å². The van der Waals surface area contributed by atoms with Gasteiger partial charge in [0.1, 0.15) is 6.61 Å². The van der Waals surface area contributed by atoms with E-state index in [0.717, 1.165) is 57.8 Å². The van der Waals surface area contributed by atoms with Crippen molar-refractivity contribution in [3.8, 4) is 0 Å². The normalized spacial score (nSPS) is 13.5. The van der Waals surface area contributed by atoms with Gasteiger partial charge < -0.3 is 23.8 Å². The molecular formula is C45H80NO7+. The average Bonchev–Trinajstić information content (AvgIpc) is 3.11. The molecule has 0 aromatic carbocycles. The first-order chi connectivity index (χ1) is 25.6. The second-order valence-electron chi connectivity index (χ2n) is 15.2. The molecule has 8 nitrogen and oxygen atoms in total. The number of hydrogen-bond donors (Lipinski definition) is 1. The molecule has 8 heteroatoms. The SMILES string of the molecule is CC/C=C/C/C=C/C/C=C/CCCCC(=O)OCC(COCCC(C(=O)O)[N+](C)(C)C)OC(=O)CCCCCCCCC/C=C/CCCCCCCC. The number of carboxylic acid groups (broad SMARTS) is 1. The topological polar surface area (TPSA) is 99.1 Å². The van der Waals surface area contributed by atoms with E-state index in [-0.39, 0.29) is 36.2 Å². The summed E-state index contributed by atoms with van der Waals surface area (Å²) in [6.45, 7) is 4.56. The van der Waals surface area contributed by atoms with Crippen LogP contribution in [0.2, 0.25) is 0 Å². The molecule has 0 heterocycles. The number of nitrogens with zero attached hydrogens (tertiary/aromatic N) is 1. The Morgan fingerprint density at radius 2 is 1.06 bits per heavy atom. The zero-order chi connectivity index (χ0) is 39.3. The molecule has 0 aromatic rings. The highest BCUT2D eigenvalue weighted by molar-refractivity contribution is 5.72. The summed E-state index contributed by atoms with van der Waals surface area (Å²) in [5.41, 5.74) is 0. The third-order valence-electron chi connectivity index (χ3n) is 9.21. The van der Waals surface area contributed by atoms with E-state index in [0.29, 0.717) is 19.3 Å².